The van der Waals surface area contributed by atoms with Gasteiger partial charge in [0.1, 0.15) is 0 Å². The molecule has 2 amide bonds. The van der Waals surface area contributed by atoms with Crippen molar-refractivity contribution in [1.29, 1.82) is 0 Å². The molecular weight excluding hydrogens is 274 g/mol. The highest BCUT2D eigenvalue weighted by atomic mass is 16.6. The topological polar surface area (TPSA) is 104 Å². The minimum Gasteiger partial charge on any atom is -0.393 e. The lowest BCUT2D eigenvalue weighted by molar-refractivity contribution is -0.384. The maximum Gasteiger partial charge on any atom is 0.315 e. The minimum atomic E-state index is -0.465. The molecule has 21 heavy (non-hydrogen) atoms. The Kier molecular flexibility index (Phi) is 6.61. The molecule has 0 spiro atoms. The van der Waals surface area contributed by atoms with Gasteiger partial charge in [0.05, 0.1) is 11.0 Å². The largest absolute Gasteiger partial charge is 0.393 e. The first-order chi connectivity index (χ1) is 9.88. The molecule has 0 fully saturated rings. The van der Waals surface area contributed by atoms with Gasteiger partial charge in [-0.3, -0.25) is 10.1 Å². The van der Waals surface area contributed by atoms with Crippen LogP contribution in [0.3, 0.4) is 0 Å². The van der Waals surface area contributed by atoms with Gasteiger partial charge in [0.15, 0.2) is 0 Å². The predicted molar refractivity (Wildman–Crippen MR) is 78.8 cm³/mol. The Morgan fingerprint density at radius 1 is 1.29 bits per heavy atom. The van der Waals surface area contributed by atoms with Crippen molar-refractivity contribution in [3.8, 4) is 0 Å². The first kappa shape index (κ1) is 16.9. The second-order valence-corrected chi connectivity index (χ2v) is 5.18. The van der Waals surface area contributed by atoms with Gasteiger partial charge < -0.3 is 15.7 Å². The Hall–Kier alpha value is -2.15. The van der Waals surface area contributed by atoms with Crippen LogP contribution in [0, 0.1) is 16.0 Å². The molecule has 0 bridgehead atoms. The SMILES string of the molecule is CC(O)CC(C)CNC(=O)NCc1ccc([N+](=O)[O-])cc1. The zero-order valence-electron chi connectivity index (χ0n) is 12.2. The van der Waals surface area contributed by atoms with Crippen LogP contribution >= 0.6 is 0 Å². The molecule has 0 radical (unpaired) electrons. The van der Waals surface area contributed by atoms with Crippen LogP contribution in [0.1, 0.15) is 25.8 Å². The minimum absolute atomic E-state index is 0.0233. The van der Waals surface area contributed by atoms with E-state index in [1.807, 2.05) is 6.92 Å². The summed E-state index contributed by atoms with van der Waals surface area (Å²) in [5, 5.41) is 25.1. The molecule has 0 aliphatic heterocycles. The normalized spacial score (nSPS) is 13.3. The number of rotatable bonds is 7. The number of aliphatic hydroxyl groups excluding tert-OH is 1. The average Bonchev–Trinajstić information content (AvgIpc) is 2.42. The van der Waals surface area contributed by atoms with Crippen molar-refractivity contribution in [1.82, 2.24) is 10.6 Å². The Morgan fingerprint density at radius 2 is 1.90 bits per heavy atom. The Morgan fingerprint density at radius 3 is 2.43 bits per heavy atom. The molecule has 1 aromatic rings. The number of aliphatic hydroxyl groups is 1. The van der Waals surface area contributed by atoms with Gasteiger partial charge in [-0.15, -0.1) is 0 Å². The number of hydrogen-bond acceptors (Lipinski definition) is 4. The van der Waals surface area contributed by atoms with Gasteiger partial charge in [0, 0.05) is 25.2 Å². The average molecular weight is 295 g/mol. The second-order valence-electron chi connectivity index (χ2n) is 5.18. The van der Waals surface area contributed by atoms with Gasteiger partial charge in [-0.1, -0.05) is 19.1 Å². The first-order valence-electron chi connectivity index (χ1n) is 6.81. The molecule has 0 aromatic heterocycles. The number of carbonyl (C=O) groups is 1. The number of hydrogen-bond donors (Lipinski definition) is 3. The van der Waals surface area contributed by atoms with E-state index in [0.29, 0.717) is 19.5 Å². The smallest absolute Gasteiger partial charge is 0.315 e. The summed E-state index contributed by atoms with van der Waals surface area (Å²) in [6, 6.07) is 5.72. The molecule has 2 unspecified atom stereocenters. The summed E-state index contributed by atoms with van der Waals surface area (Å²) in [7, 11) is 0. The molecule has 116 valence electrons. The van der Waals surface area contributed by atoms with Gasteiger partial charge in [-0.2, -0.15) is 0 Å². The lowest BCUT2D eigenvalue weighted by Gasteiger charge is -2.14. The van der Waals surface area contributed by atoms with E-state index >= 15 is 0 Å². The van der Waals surface area contributed by atoms with Crippen LogP contribution in [-0.4, -0.2) is 28.7 Å². The molecule has 7 heteroatoms. The first-order valence-corrected chi connectivity index (χ1v) is 6.81. The van der Waals surface area contributed by atoms with Crippen LogP contribution in [0.15, 0.2) is 24.3 Å². The van der Waals surface area contributed by atoms with E-state index in [1.165, 1.54) is 12.1 Å². The Bertz CT molecular complexity index is 474. The number of benzene rings is 1. The number of carbonyl (C=O) groups excluding carboxylic acids is 1. The number of nitro benzene ring substituents is 1. The summed E-state index contributed by atoms with van der Waals surface area (Å²) < 4.78 is 0. The summed E-state index contributed by atoms with van der Waals surface area (Å²) in [5.74, 6) is 0.190. The molecule has 0 aliphatic rings. The van der Waals surface area contributed by atoms with Crippen LogP contribution in [0.2, 0.25) is 0 Å². The highest BCUT2D eigenvalue weighted by Gasteiger charge is 2.08. The van der Waals surface area contributed by atoms with Crippen molar-refractivity contribution in [2.24, 2.45) is 5.92 Å². The van der Waals surface area contributed by atoms with Gasteiger partial charge in [-0.25, -0.2) is 4.79 Å². The third-order valence-corrected chi connectivity index (χ3v) is 2.95. The second kappa shape index (κ2) is 8.21. The molecule has 0 aliphatic carbocycles. The molecule has 0 saturated carbocycles. The molecule has 3 N–H and O–H groups in total. The van der Waals surface area contributed by atoms with Crippen molar-refractivity contribution < 1.29 is 14.8 Å². The van der Waals surface area contributed by atoms with Crippen molar-refractivity contribution >= 4 is 11.7 Å². The lowest BCUT2D eigenvalue weighted by Crippen LogP contribution is -2.37. The zero-order chi connectivity index (χ0) is 15.8. The highest BCUT2D eigenvalue weighted by Crippen LogP contribution is 2.11. The number of nitrogens with zero attached hydrogens (tertiary/aromatic N) is 1. The number of nitro groups is 1. The number of urea groups is 1. The zero-order valence-corrected chi connectivity index (χ0v) is 12.2. The quantitative estimate of drug-likeness (QED) is 0.527. The van der Waals surface area contributed by atoms with Gasteiger partial charge in [0.2, 0.25) is 0 Å². The van der Waals surface area contributed by atoms with E-state index in [0.717, 1.165) is 5.56 Å². The van der Waals surface area contributed by atoms with E-state index in [2.05, 4.69) is 10.6 Å². The maximum absolute atomic E-state index is 11.6. The standard InChI is InChI=1S/C14H21N3O4/c1-10(7-11(2)18)8-15-14(19)16-9-12-3-5-13(6-4-12)17(20)21/h3-6,10-11,18H,7-9H2,1-2H3,(H2,15,16,19). The molecule has 0 saturated heterocycles. The highest BCUT2D eigenvalue weighted by molar-refractivity contribution is 5.73. The van der Waals surface area contributed by atoms with Crippen molar-refractivity contribution in [2.45, 2.75) is 32.9 Å². The van der Waals surface area contributed by atoms with E-state index in [-0.39, 0.29) is 23.7 Å². The summed E-state index contributed by atoms with van der Waals surface area (Å²) in [6.07, 6.45) is 0.243. The van der Waals surface area contributed by atoms with Crippen LogP contribution in [0.25, 0.3) is 0 Å². The lowest BCUT2D eigenvalue weighted by atomic mass is 10.1. The number of nitrogens with one attached hydrogen (secondary N) is 2. The van der Waals surface area contributed by atoms with Crippen LogP contribution in [-0.2, 0) is 6.54 Å². The van der Waals surface area contributed by atoms with Gasteiger partial charge in [0.25, 0.3) is 5.69 Å². The van der Waals surface area contributed by atoms with E-state index < -0.39 is 4.92 Å². The van der Waals surface area contributed by atoms with Gasteiger partial charge in [-0.05, 0) is 24.8 Å². The van der Waals surface area contributed by atoms with E-state index in [4.69, 9.17) is 0 Å². The third-order valence-electron chi connectivity index (χ3n) is 2.95. The fourth-order valence-corrected chi connectivity index (χ4v) is 1.91. The Balaban J connectivity index is 2.31. The van der Waals surface area contributed by atoms with Crippen LogP contribution in [0.5, 0.6) is 0 Å². The maximum atomic E-state index is 11.6. The van der Waals surface area contributed by atoms with Crippen LogP contribution < -0.4 is 10.6 Å². The third kappa shape index (κ3) is 6.71. The molecular formula is C14H21N3O4. The van der Waals surface area contributed by atoms with E-state index in [1.54, 1.807) is 19.1 Å². The van der Waals surface area contributed by atoms with Gasteiger partial charge >= 0.3 is 6.03 Å². The molecule has 0 heterocycles. The Labute approximate surface area is 123 Å². The summed E-state index contributed by atoms with van der Waals surface area (Å²) >= 11 is 0. The fourth-order valence-electron chi connectivity index (χ4n) is 1.91. The number of non-ortho nitro benzene ring substituents is 1. The molecule has 1 rings (SSSR count). The molecule has 2 atom stereocenters. The summed E-state index contributed by atoms with van der Waals surface area (Å²) in [6.45, 7) is 4.44. The summed E-state index contributed by atoms with van der Waals surface area (Å²) in [5.41, 5.74) is 0.808. The van der Waals surface area contributed by atoms with Crippen molar-refractivity contribution in [3.63, 3.8) is 0 Å². The van der Waals surface area contributed by atoms with E-state index in [9.17, 15) is 20.0 Å². The monoisotopic (exact) mass is 295 g/mol. The summed E-state index contributed by atoms with van der Waals surface area (Å²) in [4.78, 5) is 21.6. The molecule has 7 nitrogen and oxygen atoms in total. The van der Waals surface area contributed by atoms with Crippen LogP contribution in [0.4, 0.5) is 10.5 Å². The van der Waals surface area contributed by atoms with Crippen molar-refractivity contribution in [2.75, 3.05) is 6.54 Å². The number of amides is 2. The molecule has 1 aromatic carbocycles. The fraction of sp³-hybridized carbons (Fsp3) is 0.500. The van der Waals surface area contributed by atoms with Crippen molar-refractivity contribution in [3.05, 3.63) is 39.9 Å². The predicted octanol–water partition coefficient (Wildman–Crippen LogP) is 1.80.